The fourth-order valence-corrected chi connectivity index (χ4v) is 7.52. The van der Waals surface area contributed by atoms with Gasteiger partial charge in [-0.25, -0.2) is 12.7 Å². The van der Waals surface area contributed by atoms with Crippen LogP contribution in [-0.4, -0.2) is 54.8 Å². The van der Waals surface area contributed by atoms with Gasteiger partial charge in [-0.2, -0.15) is 0 Å². The maximum absolute atomic E-state index is 13.1. The smallest absolute Gasteiger partial charge is 0.253 e. The van der Waals surface area contributed by atoms with E-state index in [-0.39, 0.29) is 17.6 Å². The van der Waals surface area contributed by atoms with Gasteiger partial charge in [0.05, 0.1) is 5.75 Å². The molecule has 0 bridgehead atoms. The van der Waals surface area contributed by atoms with Gasteiger partial charge in [0.1, 0.15) is 11.4 Å². The number of aryl methyl sites for hydroxylation is 2. The quantitative estimate of drug-likeness (QED) is 0.548. The molecule has 2 amide bonds. The van der Waals surface area contributed by atoms with Crippen LogP contribution >= 0.6 is 0 Å². The van der Waals surface area contributed by atoms with Crippen LogP contribution in [0.2, 0.25) is 0 Å². The molecule has 2 unspecified atom stereocenters. The molecule has 1 aromatic rings. The third-order valence-electron chi connectivity index (χ3n) is 8.10. The lowest BCUT2D eigenvalue weighted by atomic mass is 9.79. The Labute approximate surface area is 215 Å². The van der Waals surface area contributed by atoms with E-state index in [1.165, 1.54) is 36.9 Å². The van der Waals surface area contributed by atoms with Crippen LogP contribution < -0.4 is 10.6 Å². The number of carbonyl (C=O) groups is 2. The molecular weight excluding hydrogens is 476 g/mol. The highest BCUT2D eigenvalue weighted by atomic mass is 32.2. The molecule has 1 aliphatic carbocycles. The van der Waals surface area contributed by atoms with E-state index in [9.17, 15) is 18.0 Å². The van der Waals surface area contributed by atoms with Crippen LogP contribution in [0.4, 0.5) is 5.69 Å². The number of benzene rings is 1. The molecule has 1 saturated heterocycles. The number of nitrogens with zero attached hydrogens (tertiary/aromatic N) is 2. The maximum atomic E-state index is 13.1. The fraction of sp³-hybridized carbons (Fsp3) is 0.667. The molecule has 1 saturated carbocycles. The largest absolute Gasteiger partial charge is 0.326 e. The molecule has 9 heteroatoms. The van der Waals surface area contributed by atoms with Gasteiger partial charge in [-0.05, 0) is 68.2 Å². The summed E-state index contributed by atoms with van der Waals surface area (Å²) in [4.78, 5) is 29.2. The number of amides is 2. The van der Waals surface area contributed by atoms with Crippen LogP contribution in [0.5, 0.6) is 0 Å². The zero-order chi connectivity index (χ0) is 25.9. The van der Waals surface area contributed by atoms with Gasteiger partial charge in [0, 0.05) is 31.6 Å². The Balaban J connectivity index is 1.35. The molecule has 2 aliphatic heterocycles. The fourth-order valence-electron chi connectivity index (χ4n) is 6.04. The Kier molecular flexibility index (Phi) is 8.19. The van der Waals surface area contributed by atoms with Gasteiger partial charge in [-0.15, -0.1) is 0 Å². The summed E-state index contributed by atoms with van der Waals surface area (Å²) in [6, 6.07) is 5.53. The summed E-state index contributed by atoms with van der Waals surface area (Å²) >= 11 is 0. The molecule has 2 heterocycles. The lowest BCUT2D eigenvalue weighted by Gasteiger charge is -2.34. The van der Waals surface area contributed by atoms with Gasteiger partial charge in [0.25, 0.3) is 5.91 Å². The molecule has 198 valence electrons. The predicted molar refractivity (Wildman–Crippen MR) is 142 cm³/mol. The summed E-state index contributed by atoms with van der Waals surface area (Å²) in [6.07, 6.45) is 8.28. The van der Waals surface area contributed by atoms with Crippen molar-refractivity contribution in [1.29, 1.82) is 0 Å². The number of sulfonamides is 1. The summed E-state index contributed by atoms with van der Waals surface area (Å²) in [5, 5.41) is 5.83. The zero-order valence-electron chi connectivity index (χ0n) is 21.8. The number of aliphatic imine (C=N–C) groups is 1. The topological polar surface area (TPSA) is 108 Å². The van der Waals surface area contributed by atoms with Crippen LogP contribution in [0, 0.1) is 18.8 Å². The molecule has 0 aromatic heterocycles. The molecule has 36 heavy (non-hydrogen) atoms. The van der Waals surface area contributed by atoms with Crippen molar-refractivity contribution in [1.82, 2.24) is 9.62 Å². The highest BCUT2D eigenvalue weighted by Gasteiger charge is 2.48. The molecule has 1 aromatic carbocycles. The van der Waals surface area contributed by atoms with Crippen LogP contribution in [-0.2, 0) is 26.0 Å². The summed E-state index contributed by atoms with van der Waals surface area (Å²) in [5.41, 5.74) is 1.79. The van der Waals surface area contributed by atoms with E-state index < -0.39 is 15.6 Å². The van der Waals surface area contributed by atoms with E-state index in [2.05, 4.69) is 17.6 Å². The summed E-state index contributed by atoms with van der Waals surface area (Å²) < 4.78 is 27.7. The second-order valence-corrected chi connectivity index (χ2v) is 12.9. The number of amidine groups is 1. The first-order valence-electron chi connectivity index (χ1n) is 13.4. The number of piperidine rings is 1. The summed E-state index contributed by atoms with van der Waals surface area (Å²) in [7, 11) is -3.46. The van der Waals surface area contributed by atoms with Gasteiger partial charge >= 0.3 is 0 Å². The number of nitrogens with one attached hydrogen (secondary N) is 2. The highest BCUT2D eigenvalue weighted by Crippen LogP contribution is 2.37. The third kappa shape index (κ3) is 5.99. The summed E-state index contributed by atoms with van der Waals surface area (Å²) in [6.45, 7) is 6.23. The number of rotatable bonds is 8. The summed E-state index contributed by atoms with van der Waals surface area (Å²) in [5.74, 6) is 1.70. The van der Waals surface area contributed by atoms with E-state index >= 15 is 0 Å². The Hall–Kier alpha value is -2.26. The van der Waals surface area contributed by atoms with Crippen molar-refractivity contribution in [3.63, 3.8) is 0 Å². The minimum atomic E-state index is -3.46. The first-order chi connectivity index (χ1) is 17.1. The van der Waals surface area contributed by atoms with Crippen molar-refractivity contribution in [3.05, 3.63) is 29.3 Å². The molecule has 3 aliphatic rings. The Bertz CT molecular complexity index is 1120. The average molecular weight is 517 g/mol. The number of hydrogen-bond acceptors (Lipinski definition) is 5. The van der Waals surface area contributed by atoms with E-state index in [0.717, 1.165) is 29.8 Å². The maximum Gasteiger partial charge on any atom is 0.253 e. The normalized spacial score (nSPS) is 24.4. The molecule has 8 nitrogen and oxygen atoms in total. The van der Waals surface area contributed by atoms with Gasteiger partial charge in [0.15, 0.2) is 0 Å². The van der Waals surface area contributed by atoms with Crippen molar-refractivity contribution in [2.24, 2.45) is 16.8 Å². The van der Waals surface area contributed by atoms with Crippen LogP contribution in [0.3, 0.4) is 0 Å². The van der Waals surface area contributed by atoms with Crippen molar-refractivity contribution in [2.45, 2.75) is 84.1 Å². The standard InChI is InChI=1S/C27H40N4O4S/c1-4-6-21-7-5-8-23(18-21)25-29-26(33)27(30-25)12-14-31(15-13-27)36(34,35)16-11-22-9-10-24(17-19(22)2)28-20(3)32/h9-10,17,21,23H,4-8,11-16,18H2,1-3H3,(H,28,32)(H,29,30,33). The molecule has 1 spiro atoms. The SMILES string of the molecule is CCCC1CCCC(C2=NC3(CCN(S(=O)(=O)CCc4ccc(NC(C)=O)cc4C)CC3)C(=O)N2)C1. The van der Waals surface area contributed by atoms with Gasteiger partial charge in [-0.3, -0.25) is 14.6 Å². The molecule has 2 atom stereocenters. The average Bonchev–Trinajstić information content (AvgIpc) is 3.14. The molecular formula is C27H40N4O4S. The van der Waals surface area contributed by atoms with Gasteiger partial charge in [-0.1, -0.05) is 38.7 Å². The number of anilines is 1. The lowest BCUT2D eigenvalue weighted by Crippen LogP contribution is -2.51. The van der Waals surface area contributed by atoms with Crippen molar-refractivity contribution < 1.29 is 18.0 Å². The molecule has 2 fully saturated rings. The van der Waals surface area contributed by atoms with E-state index in [4.69, 9.17) is 4.99 Å². The van der Waals surface area contributed by atoms with Gasteiger partial charge in [0.2, 0.25) is 15.9 Å². The Morgan fingerprint density at radius 2 is 2.00 bits per heavy atom. The molecule has 4 rings (SSSR count). The molecule has 2 N–H and O–H groups in total. The van der Waals surface area contributed by atoms with Gasteiger partial charge < -0.3 is 10.6 Å². The van der Waals surface area contributed by atoms with E-state index in [0.29, 0.717) is 49.9 Å². The second-order valence-electron chi connectivity index (χ2n) is 10.8. The van der Waals surface area contributed by atoms with Crippen LogP contribution in [0.1, 0.15) is 76.3 Å². The number of carbonyl (C=O) groups excluding carboxylic acids is 2. The first kappa shape index (κ1) is 26.8. The third-order valence-corrected chi connectivity index (χ3v) is 9.97. The minimum absolute atomic E-state index is 0.0158. The van der Waals surface area contributed by atoms with Crippen molar-refractivity contribution >= 4 is 33.4 Å². The molecule has 0 radical (unpaired) electrons. The first-order valence-corrected chi connectivity index (χ1v) is 15.0. The second kappa shape index (κ2) is 11.0. The van der Waals surface area contributed by atoms with Crippen molar-refractivity contribution in [2.75, 3.05) is 24.2 Å². The minimum Gasteiger partial charge on any atom is -0.326 e. The predicted octanol–water partition coefficient (Wildman–Crippen LogP) is 3.80. The van der Waals surface area contributed by atoms with Crippen molar-refractivity contribution in [3.8, 4) is 0 Å². The Morgan fingerprint density at radius 3 is 2.67 bits per heavy atom. The highest BCUT2D eigenvalue weighted by molar-refractivity contribution is 7.89. The van der Waals surface area contributed by atoms with Crippen LogP contribution in [0.25, 0.3) is 0 Å². The van der Waals surface area contributed by atoms with E-state index in [1.807, 2.05) is 19.1 Å². The van der Waals surface area contributed by atoms with E-state index in [1.54, 1.807) is 6.07 Å². The zero-order valence-corrected chi connectivity index (χ0v) is 22.6. The lowest BCUT2D eigenvalue weighted by molar-refractivity contribution is -0.125. The monoisotopic (exact) mass is 516 g/mol. The number of hydrogen-bond donors (Lipinski definition) is 2. The Morgan fingerprint density at radius 1 is 1.25 bits per heavy atom. The van der Waals surface area contributed by atoms with Crippen LogP contribution in [0.15, 0.2) is 23.2 Å².